The van der Waals surface area contributed by atoms with Gasteiger partial charge in [0.1, 0.15) is 0 Å². The van der Waals surface area contributed by atoms with E-state index in [1.807, 2.05) is 0 Å². The zero-order valence-electron chi connectivity index (χ0n) is 7.51. The first-order chi connectivity index (χ1) is 5.68. The van der Waals surface area contributed by atoms with Crippen LogP contribution in [0.15, 0.2) is 0 Å². The molecule has 0 spiro atoms. The predicted octanol–water partition coefficient (Wildman–Crippen LogP) is 1.67. The van der Waals surface area contributed by atoms with Crippen LogP contribution in [-0.2, 0) is 9.53 Å². The minimum absolute atomic E-state index is 0.0713. The Balaban J connectivity index is 2.34. The van der Waals surface area contributed by atoms with Crippen LogP contribution in [0.4, 0.5) is 0 Å². The summed E-state index contributed by atoms with van der Waals surface area (Å²) in [6.07, 6.45) is 4.51. The second-order valence-corrected chi connectivity index (χ2v) is 3.67. The molecule has 0 amide bonds. The van der Waals surface area contributed by atoms with Gasteiger partial charge in [0.25, 0.3) is 0 Å². The number of carboxylic acids is 1. The van der Waals surface area contributed by atoms with Gasteiger partial charge in [0.05, 0.1) is 6.42 Å². The third kappa shape index (κ3) is 2.21. The standard InChI is InChI=1S/C9H16O3/c1-12-6-5-9(3-2-4-9)7-8(10)11/h2-7H2,1H3,(H,10,11). The smallest absolute Gasteiger partial charge is 0.303 e. The Hall–Kier alpha value is -0.570. The molecule has 0 saturated heterocycles. The molecule has 12 heavy (non-hydrogen) atoms. The monoisotopic (exact) mass is 172 g/mol. The van der Waals surface area contributed by atoms with Gasteiger partial charge in [-0.05, 0) is 24.7 Å². The van der Waals surface area contributed by atoms with Crippen LogP contribution in [0.5, 0.6) is 0 Å². The molecule has 1 aliphatic carbocycles. The topological polar surface area (TPSA) is 46.5 Å². The molecule has 0 aromatic rings. The Bertz CT molecular complexity index is 161. The van der Waals surface area contributed by atoms with Crippen molar-refractivity contribution < 1.29 is 14.6 Å². The van der Waals surface area contributed by atoms with Gasteiger partial charge in [-0.3, -0.25) is 4.79 Å². The van der Waals surface area contributed by atoms with E-state index in [-0.39, 0.29) is 5.41 Å². The molecule has 0 heterocycles. The van der Waals surface area contributed by atoms with Gasteiger partial charge in [-0.25, -0.2) is 0 Å². The molecular weight excluding hydrogens is 156 g/mol. The highest BCUT2D eigenvalue weighted by molar-refractivity contribution is 5.67. The van der Waals surface area contributed by atoms with E-state index in [0.717, 1.165) is 19.3 Å². The zero-order valence-corrected chi connectivity index (χ0v) is 7.51. The van der Waals surface area contributed by atoms with Gasteiger partial charge in [0.15, 0.2) is 0 Å². The molecule has 3 nitrogen and oxygen atoms in total. The molecule has 0 aromatic carbocycles. The average molecular weight is 172 g/mol. The predicted molar refractivity (Wildman–Crippen MR) is 45.0 cm³/mol. The molecule has 1 rings (SSSR count). The molecule has 0 aliphatic heterocycles. The van der Waals surface area contributed by atoms with Crippen LogP contribution >= 0.6 is 0 Å². The first-order valence-corrected chi connectivity index (χ1v) is 4.39. The molecular formula is C9H16O3. The van der Waals surface area contributed by atoms with E-state index in [9.17, 15) is 4.79 Å². The summed E-state index contributed by atoms with van der Waals surface area (Å²) in [5.74, 6) is -0.675. The van der Waals surface area contributed by atoms with Crippen molar-refractivity contribution in [3.8, 4) is 0 Å². The van der Waals surface area contributed by atoms with Crippen LogP contribution in [0, 0.1) is 5.41 Å². The Morgan fingerprint density at radius 1 is 1.58 bits per heavy atom. The molecule has 1 aliphatic rings. The van der Waals surface area contributed by atoms with E-state index in [0.29, 0.717) is 13.0 Å². The number of carbonyl (C=O) groups is 1. The zero-order chi connectivity index (χ0) is 9.03. The SMILES string of the molecule is COCCC1(CC(=O)O)CCC1. The van der Waals surface area contributed by atoms with Crippen LogP contribution < -0.4 is 0 Å². The Kier molecular flexibility index (Phi) is 3.09. The lowest BCUT2D eigenvalue weighted by Crippen LogP contribution is -2.33. The summed E-state index contributed by atoms with van der Waals surface area (Å²) in [5.41, 5.74) is 0.0713. The molecule has 1 N–H and O–H groups in total. The lowest BCUT2D eigenvalue weighted by molar-refractivity contribution is -0.141. The fraction of sp³-hybridized carbons (Fsp3) is 0.889. The molecule has 1 saturated carbocycles. The molecule has 0 radical (unpaired) electrons. The highest BCUT2D eigenvalue weighted by Crippen LogP contribution is 2.46. The first-order valence-electron chi connectivity index (χ1n) is 4.39. The third-order valence-corrected chi connectivity index (χ3v) is 2.78. The van der Waals surface area contributed by atoms with Crippen LogP contribution in [0.3, 0.4) is 0 Å². The van der Waals surface area contributed by atoms with E-state index in [1.165, 1.54) is 6.42 Å². The maximum Gasteiger partial charge on any atom is 0.303 e. The van der Waals surface area contributed by atoms with E-state index in [4.69, 9.17) is 9.84 Å². The summed E-state index contributed by atoms with van der Waals surface area (Å²) in [7, 11) is 1.66. The number of rotatable bonds is 5. The van der Waals surface area contributed by atoms with Crippen LogP contribution in [0.25, 0.3) is 0 Å². The Morgan fingerprint density at radius 3 is 2.58 bits per heavy atom. The minimum Gasteiger partial charge on any atom is -0.481 e. The van der Waals surface area contributed by atoms with Crippen molar-refractivity contribution >= 4 is 5.97 Å². The van der Waals surface area contributed by atoms with Crippen LogP contribution in [0.1, 0.15) is 32.1 Å². The summed E-state index contributed by atoms with van der Waals surface area (Å²) >= 11 is 0. The number of ether oxygens (including phenoxy) is 1. The number of methoxy groups -OCH3 is 1. The highest BCUT2D eigenvalue weighted by Gasteiger charge is 2.38. The highest BCUT2D eigenvalue weighted by atomic mass is 16.5. The van der Waals surface area contributed by atoms with Crippen molar-refractivity contribution in [2.45, 2.75) is 32.1 Å². The van der Waals surface area contributed by atoms with E-state index >= 15 is 0 Å². The summed E-state index contributed by atoms with van der Waals surface area (Å²) < 4.78 is 4.96. The van der Waals surface area contributed by atoms with Gasteiger partial charge < -0.3 is 9.84 Å². The van der Waals surface area contributed by atoms with Crippen LogP contribution in [0.2, 0.25) is 0 Å². The number of hydrogen-bond donors (Lipinski definition) is 1. The summed E-state index contributed by atoms with van der Waals surface area (Å²) in [6.45, 7) is 0.688. The third-order valence-electron chi connectivity index (χ3n) is 2.78. The van der Waals surface area contributed by atoms with Crippen molar-refractivity contribution in [2.75, 3.05) is 13.7 Å². The van der Waals surface area contributed by atoms with Crippen LogP contribution in [-0.4, -0.2) is 24.8 Å². The minimum atomic E-state index is -0.675. The maximum atomic E-state index is 10.5. The second kappa shape index (κ2) is 3.90. The Labute approximate surface area is 72.7 Å². The van der Waals surface area contributed by atoms with Gasteiger partial charge in [-0.1, -0.05) is 6.42 Å². The number of carboxylic acid groups (broad SMARTS) is 1. The number of hydrogen-bond acceptors (Lipinski definition) is 2. The van der Waals surface area contributed by atoms with E-state index in [2.05, 4.69) is 0 Å². The molecule has 0 bridgehead atoms. The summed E-state index contributed by atoms with van der Waals surface area (Å²) in [6, 6.07) is 0. The molecule has 3 heteroatoms. The van der Waals surface area contributed by atoms with Crippen molar-refractivity contribution in [3.63, 3.8) is 0 Å². The molecule has 0 unspecified atom stereocenters. The Morgan fingerprint density at radius 2 is 2.25 bits per heavy atom. The largest absolute Gasteiger partial charge is 0.481 e. The second-order valence-electron chi connectivity index (χ2n) is 3.67. The van der Waals surface area contributed by atoms with Gasteiger partial charge in [0, 0.05) is 13.7 Å². The van der Waals surface area contributed by atoms with Gasteiger partial charge in [0.2, 0.25) is 0 Å². The van der Waals surface area contributed by atoms with Crippen molar-refractivity contribution in [1.82, 2.24) is 0 Å². The molecule has 1 fully saturated rings. The number of aliphatic carboxylic acids is 1. The lowest BCUT2D eigenvalue weighted by Gasteiger charge is -2.40. The van der Waals surface area contributed by atoms with Gasteiger partial charge >= 0.3 is 5.97 Å². The first kappa shape index (κ1) is 9.52. The molecule has 0 atom stereocenters. The van der Waals surface area contributed by atoms with E-state index in [1.54, 1.807) is 7.11 Å². The normalized spacial score (nSPS) is 20.1. The lowest BCUT2D eigenvalue weighted by atomic mass is 9.65. The molecule has 0 aromatic heterocycles. The maximum absolute atomic E-state index is 10.5. The fourth-order valence-corrected chi connectivity index (χ4v) is 1.83. The van der Waals surface area contributed by atoms with Crippen molar-refractivity contribution in [1.29, 1.82) is 0 Å². The summed E-state index contributed by atoms with van der Waals surface area (Å²) in [4.78, 5) is 10.5. The fourth-order valence-electron chi connectivity index (χ4n) is 1.83. The van der Waals surface area contributed by atoms with Gasteiger partial charge in [-0.15, -0.1) is 0 Å². The average Bonchev–Trinajstić information content (AvgIpc) is 1.94. The quantitative estimate of drug-likeness (QED) is 0.686. The summed E-state index contributed by atoms with van der Waals surface area (Å²) in [5, 5.41) is 8.67. The van der Waals surface area contributed by atoms with E-state index < -0.39 is 5.97 Å². The molecule has 70 valence electrons. The van der Waals surface area contributed by atoms with Crippen molar-refractivity contribution in [3.05, 3.63) is 0 Å². The van der Waals surface area contributed by atoms with Gasteiger partial charge in [-0.2, -0.15) is 0 Å². The van der Waals surface area contributed by atoms with Crippen molar-refractivity contribution in [2.24, 2.45) is 5.41 Å².